The SMILES string of the molecule is CC(C)(C)c1c[c-]c(-c2nccc3occc23)cc1.Cc1cccc(-c2[c-]cccc2)n1.[Ir]. The van der Waals surface area contributed by atoms with Crippen LogP contribution in [0.1, 0.15) is 32.0 Å². The molecule has 5 aromatic rings. The molecule has 0 aliphatic rings. The van der Waals surface area contributed by atoms with Gasteiger partial charge in [-0.15, -0.1) is 71.3 Å². The van der Waals surface area contributed by atoms with Crippen molar-refractivity contribution in [3.63, 3.8) is 0 Å². The molecule has 3 aromatic heterocycles. The van der Waals surface area contributed by atoms with Crippen LogP contribution in [0.5, 0.6) is 0 Å². The average molecular weight is 611 g/mol. The topological polar surface area (TPSA) is 38.9 Å². The summed E-state index contributed by atoms with van der Waals surface area (Å²) in [4.78, 5) is 8.86. The molecule has 0 unspecified atom stereocenters. The molecule has 0 saturated carbocycles. The van der Waals surface area contributed by atoms with E-state index >= 15 is 0 Å². The summed E-state index contributed by atoms with van der Waals surface area (Å²) in [7, 11) is 0. The van der Waals surface area contributed by atoms with Crippen LogP contribution in [-0.4, -0.2) is 9.97 Å². The maximum atomic E-state index is 5.40. The summed E-state index contributed by atoms with van der Waals surface area (Å²) in [6.45, 7) is 8.59. The van der Waals surface area contributed by atoms with Crippen molar-refractivity contribution in [3.8, 4) is 22.5 Å². The quantitative estimate of drug-likeness (QED) is 0.195. The molecule has 0 aliphatic carbocycles. The Kier molecular flexibility index (Phi) is 7.96. The Labute approximate surface area is 209 Å². The Morgan fingerprint density at radius 2 is 1.70 bits per heavy atom. The first-order valence-corrected chi connectivity index (χ1v) is 10.7. The van der Waals surface area contributed by atoms with Crippen LogP contribution in [-0.2, 0) is 25.5 Å². The molecule has 0 amide bonds. The molecule has 3 heterocycles. The second kappa shape index (κ2) is 10.7. The molecule has 33 heavy (non-hydrogen) atoms. The van der Waals surface area contributed by atoms with Gasteiger partial charge in [0.05, 0.1) is 6.26 Å². The molecule has 0 atom stereocenters. The number of pyridine rings is 2. The van der Waals surface area contributed by atoms with Crippen LogP contribution in [0.25, 0.3) is 33.5 Å². The molecule has 169 valence electrons. The molecular formula is C29H26IrN2O-2. The van der Waals surface area contributed by atoms with Gasteiger partial charge < -0.3 is 14.4 Å². The van der Waals surface area contributed by atoms with E-state index in [2.05, 4.69) is 61.1 Å². The van der Waals surface area contributed by atoms with Crippen molar-refractivity contribution < 1.29 is 24.5 Å². The summed E-state index contributed by atoms with van der Waals surface area (Å²) >= 11 is 0. The molecule has 2 aromatic carbocycles. The van der Waals surface area contributed by atoms with E-state index in [4.69, 9.17) is 4.42 Å². The summed E-state index contributed by atoms with van der Waals surface area (Å²) < 4.78 is 5.40. The minimum absolute atomic E-state index is 0. The zero-order chi connectivity index (χ0) is 22.6. The smallest absolute Gasteiger partial charge is 0.128 e. The Bertz CT molecular complexity index is 1300. The van der Waals surface area contributed by atoms with Gasteiger partial charge in [-0.25, -0.2) is 0 Å². The molecule has 0 aliphatic heterocycles. The molecule has 0 bridgehead atoms. The molecular weight excluding hydrogens is 585 g/mol. The van der Waals surface area contributed by atoms with Crippen molar-refractivity contribution in [2.75, 3.05) is 0 Å². The van der Waals surface area contributed by atoms with Crippen LogP contribution in [0.4, 0.5) is 0 Å². The average Bonchev–Trinajstić information content (AvgIpc) is 3.29. The van der Waals surface area contributed by atoms with E-state index in [0.29, 0.717) is 0 Å². The summed E-state index contributed by atoms with van der Waals surface area (Å²) in [5.41, 5.74) is 7.27. The van der Waals surface area contributed by atoms with E-state index in [1.165, 1.54) is 5.56 Å². The third-order valence-electron chi connectivity index (χ3n) is 5.19. The number of fused-ring (bicyclic) bond motifs is 1. The molecule has 0 N–H and O–H groups in total. The number of hydrogen-bond acceptors (Lipinski definition) is 3. The Balaban J connectivity index is 0.000000192. The summed E-state index contributed by atoms with van der Waals surface area (Å²) in [5.74, 6) is 0. The second-order valence-electron chi connectivity index (χ2n) is 8.67. The monoisotopic (exact) mass is 611 g/mol. The van der Waals surface area contributed by atoms with Crippen molar-refractivity contribution in [3.05, 3.63) is 109 Å². The van der Waals surface area contributed by atoms with Crippen LogP contribution < -0.4 is 0 Å². The minimum Gasteiger partial charge on any atom is -0.465 e. The number of furan rings is 1. The second-order valence-corrected chi connectivity index (χ2v) is 8.67. The van der Waals surface area contributed by atoms with E-state index in [0.717, 1.165) is 39.2 Å². The number of nitrogens with zero attached hydrogens (tertiary/aromatic N) is 2. The summed E-state index contributed by atoms with van der Waals surface area (Å²) in [5, 5.41) is 1.03. The maximum absolute atomic E-state index is 5.40. The Morgan fingerprint density at radius 3 is 2.36 bits per heavy atom. The zero-order valence-corrected chi connectivity index (χ0v) is 21.6. The van der Waals surface area contributed by atoms with Gasteiger partial charge in [0.25, 0.3) is 0 Å². The van der Waals surface area contributed by atoms with E-state index in [-0.39, 0.29) is 25.5 Å². The first kappa shape index (κ1) is 24.6. The van der Waals surface area contributed by atoms with Gasteiger partial charge >= 0.3 is 0 Å². The van der Waals surface area contributed by atoms with Crippen molar-refractivity contribution >= 4 is 11.0 Å². The molecule has 0 fully saturated rings. The molecule has 4 heteroatoms. The van der Waals surface area contributed by atoms with Crippen molar-refractivity contribution in [2.24, 2.45) is 0 Å². The third kappa shape index (κ3) is 6.04. The van der Waals surface area contributed by atoms with Crippen LogP contribution in [0.3, 0.4) is 0 Å². The molecule has 0 spiro atoms. The van der Waals surface area contributed by atoms with Gasteiger partial charge in [0.1, 0.15) is 5.58 Å². The van der Waals surface area contributed by atoms with E-state index in [1.54, 1.807) is 12.5 Å². The molecule has 1 radical (unpaired) electrons. The van der Waals surface area contributed by atoms with E-state index < -0.39 is 0 Å². The van der Waals surface area contributed by atoms with Gasteiger partial charge in [0, 0.05) is 37.4 Å². The summed E-state index contributed by atoms with van der Waals surface area (Å²) in [6, 6.07) is 30.5. The zero-order valence-electron chi connectivity index (χ0n) is 19.2. The molecule has 3 nitrogen and oxygen atoms in total. The van der Waals surface area contributed by atoms with Crippen LogP contribution in [0.15, 0.2) is 89.7 Å². The fourth-order valence-corrected chi connectivity index (χ4v) is 3.39. The van der Waals surface area contributed by atoms with Crippen molar-refractivity contribution in [1.82, 2.24) is 9.97 Å². The third-order valence-corrected chi connectivity index (χ3v) is 5.19. The predicted octanol–water partition coefficient (Wildman–Crippen LogP) is 7.45. The first-order valence-electron chi connectivity index (χ1n) is 10.7. The van der Waals surface area contributed by atoms with Gasteiger partial charge in [-0.3, -0.25) is 0 Å². The fourth-order valence-electron chi connectivity index (χ4n) is 3.39. The fraction of sp³-hybridized carbons (Fsp3) is 0.172. The van der Waals surface area contributed by atoms with Crippen molar-refractivity contribution in [2.45, 2.75) is 33.1 Å². The van der Waals surface area contributed by atoms with Gasteiger partial charge in [-0.2, -0.15) is 0 Å². The maximum Gasteiger partial charge on any atom is 0.128 e. The standard InChI is InChI=1S/C17H16NO.C12H10N.Ir/c1-17(2,3)13-6-4-12(5-7-13)16-14-9-11-19-15(14)8-10-18-16;1-10-6-5-9-12(13-10)11-7-3-2-4-8-11;/h4,6-11H,1-3H3;2-7,9H,1H3;/q2*-1;. The van der Waals surface area contributed by atoms with Crippen LogP contribution in [0.2, 0.25) is 0 Å². The van der Waals surface area contributed by atoms with Gasteiger partial charge in [-0.1, -0.05) is 32.9 Å². The number of aryl methyl sites for hydroxylation is 1. The Morgan fingerprint density at radius 1 is 0.848 bits per heavy atom. The predicted molar refractivity (Wildman–Crippen MR) is 130 cm³/mol. The van der Waals surface area contributed by atoms with Gasteiger partial charge in [0.15, 0.2) is 0 Å². The minimum atomic E-state index is 0. The van der Waals surface area contributed by atoms with Crippen LogP contribution in [0, 0.1) is 19.1 Å². The normalized spacial score (nSPS) is 10.8. The van der Waals surface area contributed by atoms with Crippen molar-refractivity contribution in [1.29, 1.82) is 0 Å². The summed E-state index contributed by atoms with van der Waals surface area (Å²) in [6.07, 6.45) is 3.46. The first-order chi connectivity index (χ1) is 15.4. The van der Waals surface area contributed by atoms with Gasteiger partial charge in [0.2, 0.25) is 0 Å². The number of aromatic nitrogens is 2. The molecule has 0 saturated heterocycles. The van der Waals surface area contributed by atoms with Gasteiger partial charge in [-0.05, 0) is 41.9 Å². The number of benzene rings is 2. The number of rotatable bonds is 2. The van der Waals surface area contributed by atoms with E-state index in [1.807, 2.05) is 61.5 Å². The van der Waals surface area contributed by atoms with Crippen LogP contribution >= 0.6 is 0 Å². The largest absolute Gasteiger partial charge is 0.465 e. The molecule has 5 rings (SSSR count). The number of hydrogen-bond donors (Lipinski definition) is 0. The Hall–Kier alpha value is -3.07. The van der Waals surface area contributed by atoms with E-state index in [9.17, 15) is 0 Å².